The second-order valence-corrected chi connectivity index (χ2v) is 5.32. The molecule has 0 atom stereocenters. The normalized spacial score (nSPS) is 17.7. The number of nitrogens with zero attached hydrogens (tertiary/aromatic N) is 2. The van der Waals surface area contributed by atoms with Gasteiger partial charge in [-0.15, -0.1) is 0 Å². The number of aromatic nitrogens is 1. The Labute approximate surface area is 113 Å². The van der Waals surface area contributed by atoms with Gasteiger partial charge < -0.3 is 16.2 Å². The van der Waals surface area contributed by atoms with Crippen LogP contribution in [0.25, 0.3) is 0 Å². The van der Waals surface area contributed by atoms with Crippen molar-refractivity contribution in [1.29, 1.82) is 5.26 Å². The summed E-state index contributed by atoms with van der Waals surface area (Å²) in [5.41, 5.74) is 6.22. The third-order valence-corrected chi connectivity index (χ3v) is 3.93. The summed E-state index contributed by atoms with van der Waals surface area (Å²) in [5.74, 6) is 0.643. The summed E-state index contributed by atoms with van der Waals surface area (Å²) < 4.78 is 0. The molecule has 1 aliphatic carbocycles. The van der Waals surface area contributed by atoms with E-state index in [1.54, 1.807) is 12.1 Å². The molecule has 1 aromatic rings. The van der Waals surface area contributed by atoms with Gasteiger partial charge in [-0.1, -0.05) is 19.3 Å². The molecular weight excluding hydrogens is 240 g/mol. The minimum atomic E-state index is -0.0475. The lowest BCUT2D eigenvalue weighted by Crippen LogP contribution is -2.35. The Balaban J connectivity index is 2.03. The van der Waals surface area contributed by atoms with Gasteiger partial charge in [0.25, 0.3) is 0 Å². The van der Waals surface area contributed by atoms with Crippen LogP contribution in [0.2, 0.25) is 0 Å². The van der Waals surface area contributed by atoms with Crippen molar-refractivity contribution in [3.05, 3.63) is 17.8 Å². The molecule has 1 saturated carbocycles. The summed E-state index contributed by atoms with van der Waals surface area (Å²) in [6.07, 6.45) is 5.66. The topological polar surface area (TPSA) is 95.0 Å². The molecular formula is C14H20N4O. The molecule has 1 aromatic heterocycles. The van der Waals surface area contributed by atoms with Crippen molar-refractivity contribution in [3.8, 4) is 6.07 Å². The SMILES string of the molecule is N#Cc1nc(NCC2(CO)CCCCC2)ccc1N. The number of aliphatic hydroxyl groups excluding tert-OH is 1. The van der Waals surface area contributed by atoms with Crippen molar-refractivity contribution >= 4 is 11.5 Å². The number of nitrogens with one attached hydrogen (secondary N) is 1. The predicted molar refractivity (Wildman–Crippen MR) is 74.5 cm³/mol. The molecule has 0 aliphatic heterocycles. The molecule has 2 rings (SSSR count). The van der Waals surface area contributed by atoms with Crippen LogP contribution in [0.15, 0.2) is 12.1 Å². The molecule has 0 radical (unpaired) electrons. The average Bonchev–Trinajstić information content (AvgIpc) is 2.47. The number of pyridine rings is 1. The molecule has 1 fully saturated rings. The van der Waals surface area contributed by atoms with Crippen LogP contribution in [0.3, 0.4) is 0 Å². The summed E-state index contributed by atoms with van der Waals surface area (Å²) in [5, 5.41) is 21.8. The summed E-state index contributed by atoms with van der Waals surface area (Å²) in [7, 11) is 0. The highest BCUT2D eigenvalue weighted by atomic mass is 16.3. The third kappa shape index (κ3) is 3.15. The molecule has 0 aromatic carbocycles. The van der Waals surface area contributed by atoms with Gasteiger partial charge in [0, 0.05) is 12.0 Å². The number of nitrogens with two attached hydrogens (primary N) is 1. The first-order valence-electron chi connectivity index (χ1n) is 6.70. The summed E-state index contributed by atoms with van der Waals surface area (Å²) >= 11 is 0. The summed E-state index contributed by atoms with van der Waals surface area (Å²) in [6, 6.07) is 5.42. The summed E-state index contributed by atoms with van der Waals surface area (Å²) in [4.78, 5) is 4.16. The lowest BCUT2D eigenvalue weighted by Gasteiger charge is -2.35. The predicted octanol–water partition coefficient (Wildman–Crippen LogP) is 1.89. The molecule has 0 amide bonds. The van der Waals surface area contributed by atoms with Crippen molar-refractivity contribution < 1.29 is 5.11 Å². The van der Waals surface area contributed by atoms with Crippen LogP contribution < -0.4 is 11.1 Å². The fourth-order valence-electron chi connectivity index (χ4n) is 2.63. The van der Waals surface area contributed by atoms with Crippen LogP contribution in [-0.2, 0) is 0 Å². The van der Waals surface area contributed by atoms with E-state index in [0.717, 1.165) is 12.8 Å². The first kappa shape index (κ1) is 13.6. The standard InChI is InChI=1S/C14H20N4O/c15-8-12-11(16)4-5-13(18-12)17-9-14(10-19)6-2-1-3-7-14/h4-5,19H,1-3,6-7,9-10,16H2,(H,17,18). The van der Waals surface area contributed by atoms with Crippen LogP contribution in [0.5, 0.6) is 0 Å². The first-order chi connectivity index (χ1) is 9.19. The minimum absolute atomic E-state index is 0.0475. The van der Waals surface area contributed by atoms with E-state index in [0.29, 0.717) is 18.1 Å². The fraction of sp³-hybridized carbons (Fsp3) is 0.571. The van der Waals surface area contributed by atoms with E-state index in [-0.39, 0.29) is 17.7 Å². The van der Waals surface area contributed by atoms with Gasteiger partial charge in [-0.25, -0.2) is 4.98 Å². The molecule has 0 saturated heterocycles. The average molecular weight is 260 g/mol. The maximum Gasteiger partial charge on any atom is 0.165 e. The van der Waals surface area contributed by atoms with Crippen LogP contribution in [0, 0.1) is 16.7 Å². The molecule has 4 N–H and O–H groups in total. The van der Waals surface area contributed by atoms with Crippen molar-refractivity contribution in [1.82, 2.24) is 4.98 Å². The number of aliphatic hydroxyl groups is 1. The molecule has 0 unspecified atom stereocenters. The number of anilines is 2. The molecule has 1 heterocycles. The van der Waals surface area contributed by atoms with Gasteiger partial charge in [0.2, 0.25) is 0 Å². The molecule has 102 valence electrons. The monoisotopic (exact) mass is 260 g/mol. The van der Waals surface area contributed by atoms with Gasteiger partial charge in [0.15, 0.2) is 5.69 Å². The molecule has 0 spiro atoms. The molecule has 5 heteroatoms. The Morgan fingerprint density at radius 1 is 1.37 bits per heavy atom. The van der Waals surface area contributed by atoms with E-state index in [1.807, 2.05) is 6.07 Å². The maximum absolute atomic E-state index is 9.63. The highest BCUT2D eigenvalue weighted by Gasteiger charge is 2.31. The molecule has 5 nitrogen and oxygen atoms in total. The Morgan fingerprint density at radius 3 is 2.74 bits per heavy atom. The third-order valence-electron chi connectivity index (χ3n) is 3.93. The van der Waals surface area contributed by atoms with Gasteiger partial charge in [0.1, 0.15) is 11.9 Å². The Hall–Kier alpha value is -1.80. The smallest absolute Gasteiger partial charge is 0.165 e. The number of nitrogen functional groups attached to an aromatic ring is 1. The van der Waals surface area contributed by atoms with Crippen LogP contribution in [0.4, 0.5) is 11.5 Å². The highest BCUT2D eigenvalue weighted by molar-refractivity contribution is 5.54. The fourth-order valence-corrected chi connectivity index (χ4v) is 2.63. The maximum atomic E-state index is 9.63. The van der Waals surface area contributed by atoms with E-state index in [9.17, 15) is 5.11 Å². The summed E-state index contributed by atoms with van der Waals surface area (Å²) in [6.45, 7) is 0.880. The van der Waals surface area contributed by atoms with Crippen LogP contribution in [0.1, 0.15) is 37.8 Å². The first-order valence-corrected chi connectivity index (χ1v) is 6.70. The second kappa shape index (κ2) is 5.89. The van der Waals surface area contributed by atoms with Crippen molar-refractivity contribution in [2.75, 3.05) is 24.2 Å². The second-order valence-electron chi connectivity index (χ2n) is 5.32. The largest absolute Gasteiger partial charge is 0.396 e. The van der Waals surface area contributed by atoms with E-state index in [1.165, 1.54) is 19.3 Å². The van der Waals surface area contributed by atoms with Gasteiger partial charge in [-0.05, 0) is 25.0 Å². The lowest BCUT2D eigenvalue weighted by molar-refractivity contribution is 0.0943. The number of hydrogen-bond acceptors (Lipinski definition) is 5. The van der Waals surface area contributed by atoms with E-state index in [4.69, 9.17) is 11.0 Å². The lowest BCUT2D eigenvalue weighted by atomic mass is 9.74. The van der Waals surface area contributed by atoms with E-state index >= 15 is 0 Å². The molecule has 1 aliphatic rings. The van der Waals surface area contributed by atoms with Crippen molar-refractivity contribution in [2.45, 2.75) is 32.1 Å². The van der Waals surface area contributed by atoms with Gasteiger partial charge in [-0.2, -0.15) is 5.26 Å². The highest BCUT2D eigenvalue weighted by Crippen LogP contribution is 2.35. The van der Waals surface area contributed by atoms with Crippen molar-refractivity contribution in [3.63, 3.8) is 0 Å². The zero-order valence-electron chi connectivity index (χ0n) is 11.0. The van der Waals surface area contributed by atoms with Gasteiger partial charge >= 0.3 is 0 Å². The van der Waals surface area contributed by atoms with Crippen LogP contribution >= 0.6 is 0 Å². The Bertz CT molecular complexity index is 475. The van der Waals surface area contributed by atoms with Crippen molar-refractivity contribution in [2.24, 2.45) is 5.41 Å². The molecule has 0 bridgehead atoms. The zero-order chi connectivity index (χ0) is 13.7. The number of hydrogen-bond donors (Lipinski definition) is 3. The number of rotatable bonds is 4. The molecule has 19 heavy (non-hydrogen) atoms. The zero-order valence-corrected chi connectivity index (χ0v) is 11.0. The van der Waals surface area contributed by atoms with Crippen LogP contribution in [-0.4, -0.2) is 23.2 Å². The minimum Gasteiger partial charge on any atom is -0.396 e. The quantitative estimate of drug-likeness (QED) is 0.768. The van der Waals surface area contributed by atoms with Gasteiger partial charge in [0.05, 0.1) is 12.3 Å². The Kier molecular flexibility index (Phi) is 4.23. The number of nitriles is 1. The van der Waals surface area contributed by atoms with E-state index in [2.05, 4.69) is 10.3 Å². The Morgan fingerprint density at radius 2 is 2.11 bits per heavy atom. The van der Waals surface area contributed by atoms with E-state index < -0.39 is 0 Å². The van der Waals surface area contributed by atoms with Gasteiger partial charge in [-0.3, -0.25) is 0 Å².